The summed E-state index contributed by atoms with van der Waals surface area (Å²) in [6, 6.07) is 7.41. The number of rotatable bonds is 5. The van der Waals surface area contributed by atoms with Gasteiger partial charge in [-0.15, -0.1) is 12.4 Å². The molecule has 1 aromatic rings. The molecule has 0 aliphatic heterocycles. The number of para-hydroxylation sites is 1. The van der Waals surface area contributed by atoms with E-state index >= 15 is 0 Å². The van der Waals surface area contributed by atoms with E-state index in [4.69, 9.17) is 16.6 Å². The summed E-state index contributed by atoms with van der Waals surface area (Å²) in [5, 5.41) is 8.54. The maximum absolute atomic E-state index is 10.4. The highest BCUT2D eigenvalue weighted by molar-refractivity contribution is 5.85. The number of guanidine groups is 1. The van der Waals surface area contributed by atoms with Crippen LogP contribution in [0.25, 0.3) is 0 Å². The minimum Gasteiger partial charge on any atom is -0.481 e. The van der Waals surface area contributed by atoms with E-state index < -0.39 is 5.97 Å². The summed E-state index contributed by atoms with van der Waals surface area (Å²) in [6.45, 7) is 0. The summed E-state index contributed by atoms with van der Waals surface area (Å²) in [5.41, 5.74) is 12.3. The second kappa shape index (κ2) is 7.51. The Bertz CT molecular complexity index is 403. The van der Waals surface area contributed by atoms with Crippen LogP contribution in [0.3, 0.4) is 0 Å². The van der Waals surface area contributed by atoms with Crippen molar-refractivity contribution in [3.05, 3.63) is 29.8 Å². The smallest absolute Gasteiger partial charge is 0.303 e. The lowest BCUT2D eigenvalue weighted by molar-refractivity contribution is -0.137. The molecule has 0 heterocycles. The van der Waals surface area contributed by atoms with Crippen LogP contribution in [-0.4, -0.2) is 17.0 Å². The van der Waals surface area contributed by atoms with Crippen molar-refractivity contribution in [2.24, 2.45) is 16.5 Å². The first-order valence-electron chi connectivity index (χ1n) is 4.99. The number of aryl methyl sites for hydroxylation is 1. The summed E-state index contributed by atoms with van der Waals surface area (Å²) >= 11 is 0. The molecular formula is C11H16ClN3O2. The van der Waals surface area contributed by atoms with Gasteiger partial charge in [0.25, 0.3) is 0 Å². The lowest BCUT2D eigenvalue weighted by Crippen LogP contribution is -2.22. The molecule has 1 aromatic carbocycles. The monoisotopic (exact) mass is 257 g/mol. The largest absolute Gasteiger partial charge is 0.481 e. The average molecular weight is 258 g/mol. The molecule has 0 saturated heterocycles. The highest BCUT2D eigenvalue weighted by atomic mass is 35.5. The third-order valence-corrected chi connectivity index (χ3v) is 2.08. The van der Waals surface area contributed by atoms with Crippen LogP contribution in [0, 0.1) is 0 Å². The van der Waals surface area contributed by atoms with Gasteiger partial charge in [-0.3, -0.25) is 4.79 Å². The molecule has 5 nitrogen and oxygen atoms in total. The summed E-state index contributed by atoms with van der Waals surface area (Å²) in [4.78, 5) is 14.4. The average Bonchev–Trinajstić information content (AvgIpc) is 2.19. The Morgan fingerprint density at radius 3 is 2.53 bits per heavy atom. The highest BCUT2D eigenvalue weighted by Crippen LogP contribution is 2.20. The van der Waals surface area contributed by atoms with E-state index in [9.17, 15) is 4.79 Å². The molecule has 1 rings (SSSR count). The van der Waals surface area contributed by atoms with Gasteiger partial charge in [0, 0.05) is 6.42 Å². The lowest BCUT2D eigenvalue weighted by Gasteiger charge is -2.04. The van der Waals surface area contributed by atoms with Crippen LogP contribution < -0.4 is 11.5 Å². The van der Waals surface area contributed by atoms with Crippen molar-refractivity contribution < 1.29 is 9.90 Å². The van der Waals surface area contributed by atoms with Crippen LogP contribution in [0.2, 0.25) is 0 Å². The van der Waals surface area contributed by atoms with Crippen molar-refractivity contribution in [1.82, 2.24) is 0 Å². The van der Waals surface area contributed by atoms with Crippen molar-refractivity contribution in [3.63, 3.8) is 0 Å². The van der Waals surface area contributed by atoms with Gasteiger partial charge in [0.2, 0.25) is 0 Å². The maximum Gasteiger partial charge on any atom is 0.303 e. The van der Waals surface area contributed by atoms with Crippen molar-refractivity contribution in [3.8, 4) is 0 Å². The molecule has 0 unspecified atom stereocenters. The number of carboxylic acids is 1. The highest BCUT2D eigenvalue weighted by Gasteiger charge is 2.02. The summed E-state index contributed by atoms with van der Waals surface area (Å²) in [5.74, 6) is -0.787. The number of hydrogen-bond acceptors (Lipinski definition) is 2. The van der Waals surface area contributed by atoms with Gasteiger partial charge in [-0.2, -0.15) is 0 Å². The predicted octanol–water partition coefficient (Wildman–Crippen LogP) is 1.42. The minimum atomic E-state index is -0.792. The minimum absolute atomic E-state index is 0. The standard InChI is InChI=1S/C11H15N3O2.ClH/c12-11(13)14-9-6-2-1-4-8(9)5-3-7-10(15)16;/h1-2,4,6H,3,5,7H2,(H,15,16)(H4,12,13,14);1H. The zero-order chi connectivity index (χ0) is 12.0. The topological polar surface area (TPSA) is 102 Å². The number of carbonyl (C=O) groups is 1. The third kappa shape index (κ3) is 5.77. The number of hydrogen-bond donors (Lipinski definition) is 3. The van der Waals surface area contributed by atoms with Gasteiger partial charge >= 0.3 is 5.97 Å². The van der Waals surface area contributed by atoms with Gasteiger partial charge < -0.3 is 16.6 Å². The lowest BCUT2D eigenvalue weighted by atomic mass is 10.1. The number of nitrogens with zero attached hydrogens (tertiary/aromatic N) is 1. The molecule has 0 spiro atoms. The normalized spacial score (nSPS) is 9.18. The molecule has 0 fully saturated rings. The zero-order valence-corrected chi connectivity index (χ0v) is 10.1. The first-order chi connectivity index (χ1) is 7.59. The molecule has 0 aliphatic carbocycles. The van der Waals surface area contributed by atoms with Crippen LogP contribution in [0.4, 0.5) is 5.69 Å². The van der Waals surface area contributed by atoms with E-state index in [0.29, 0.717) is 18.5 Å². The van der Waals surface area contributed by atoms with Gasteiger partial charge in [-0.1, -0.05) is 18.2 Å². The van der Waals surface area contributed by atoms with Crippen LogP contribution >= 0.6 is 12.4 Å². The second-order valence-corrected chi connectivity index (χ2v) is 3.41. The van der Waals surface area contributed by atoms with Crippen LogP contribution in [0.5, 0.6) is 0 Å². The summed E-state index contributed by atoms with van der Waals surface area (Å²) in [6.07, 6.45) is 1.38. The van der Waals surface area contributed by atoms with E-state index in [1.54, 1.807) is 6.07 Å². The second-order valence-electron chi connectivity index (χ2n) is 3.41. The van der Waals surface area contributed by atoms with Gasteiger partial charge in [0.1, 0.15) is 0 Å². The molecule has 0 aliphatic rings. The first-order valence-corrected chi connectivity index (χ1v) is 4.99. The molecule has 5 N–H and O–H groups in total. The fourth-order valence-corrected chi connectivity index (χ4v) is 1.40. The quantitative estimate of drug-likeness (QED) is 0.548. The molecule has 6 heteroatoms. The number of halogens is 1. The van der Waals surface area contributed by atoms with Gasteiger partial charge in [0.15, 0.2) is 5.96 Å². The zero-order valence-electron chi connectivity index (χ0n) is 9.30. The Kier molecular flexibility index (Phi) is 6.74. The fourth-order valence-electron chi connectivity index (χ4n) is 1.40. The Balaban J connectivity index is 0.00000256. The third-order valence-electron chi connectivity index (χ3n) is 2.08. The van der Waals surface area contributed by atoms with E-state index in [-0.39, 0.29) is 24.8 Å². The van der Waals surface area contributed by atoms with Crippen molar-refractivity contribution in [2.75, 3.05) is 0 Å². The molecule has 94 valence electrons. The SMILES string of the molecule is Cl.NC(N)=Nc1ccccc1CCCC(=O)O. The maximum atomic E-state index is 10.4. The van der Waals surface area contributed by atoms with Crippen LogP contribution in [-0.2, 0) is 11.2 Å². The number of aliphatic carboxylic acids is 1. The van der Waals surface area contributed by atoms with E-state index in [0.717, 1.165) is 5.56 Å². The molecule has 0 radical (unpaired) electrons. The fraction of sp³-hybridized carbons (Fsp3) is 0.273. The molecule has 0 amide bonds. The van der Waals surface area contributed by atoms with Crippen LogP contribution in [0.1, 0.15) is 18.4 Å². The molecule has 17 heavy (non-hydrogen) atoms. The number of benzene rings is 1. The van der Waals surface area contributed by atoms with Crippen LogP contribution in [0.15, 0.2) is 29.3 Å². The predicted molar refractivity (Wildman–Crippen MR) is 69.7 cm³/mol. The summed E-state index contributed by atoms with van der Waals surface area (Å²) in [7, 11) is 0. The number of aliphatic imine (C=N–C) groups is 1. The van der Waals surface area contributed by atoms with Gasteiger partial charge in [-0.25, -0.2) is 4.99 Å². The van der Waals surface area contributed by atoms with E-state index in [1.807, 2.05) is 18.2 Å². The Hall–Kier alpha value is -1.75. The van der Waals surface area contributed by atoms with Crippen molar-refractivity contribution >= 4 is 30.0 Å². The Labute approximate surface area is 106 Å². The number of carboxylic acid groups (broad SMARTS) is 1. The van der Waals surface area contributed by atoms with Gasteiger partial charge in [-0.05, 0) is 24.5 Å². The van der Waals surface area contributed by atoms with Crippen molar-refractivity contribution in [1.29, 1.82) is 0 Å². The molecule has 0 bridgehead atoms. The summed E-state index contributed by atoms with van der Waals surface area (Å²) < 4.78 is 0. The van der Waals surface area contributed by atoms with Gasteiger partial charge in [0.05, 0.1) is 5.69 Å². The van der Waals surface area contributed by atoms with E-state index in [2.05, 4.69) is 4.99 Å². The Morgan fingerprint density at radius 2 is 1.94 bits per heavy atom. The number of nitrogens with two attached hydrogens (primary N) is 2. The molecule has 0 aromatic heterocycles. The first kappa shape index (κ1) is 15.2. The van der Waals surface area contributed by atoms with E-state index in [1.165, 1.54) is 0 Å². The molecular weight excluding hydrogens is 242 g/mol. The molecule has 0 atom stereocenters. The Morgan fingerprint density at radius 1 is 1.29 bits per heavy atom. The molecule has 0 saturated carbocycles. The van der Waals surface area contributed by atoms with Crippen molar-refractivity contribution in [2.45, 2.75) is 19.3 Å².